The van der Waals surface area contributed by atoms with Crippen LogP contribution < -0.4 is 5.56 Å². The van der Waals surface area contributed by atoms with Crippen LogP contribution in [0.4, 0.5) is 0 Å². The Balaban J connectivity index is 2.25. The van der Waals surface area contributed by atoms with Gasteiger partial charge in [0.15, 0.2) is 5.82 Å². The minimum Gasteiger partial charge on any atom is -0.394 e. The minimum absolute atomic E-state index is 0.192. The zero-order valence-electron chi connectivity index (χ0n) is 15.3. The second-order valence-corrected chi connectivity index (χ2v) is 6.46. The minimum atomic E-state index is -1.94. The summed E-state index contributed by atoms with van der Waals surface area (Å²) < 4.78 is 1.96. The monoisotopic (exact) mass is 404 g/mol. The van der Waals surface area contributed by atoms with Crippen LogP contribution in [0.3, 0.4) is 0 Å². The van der Waals surface area contributed by atoms with Crippen LogP contribution in [0.5, 0.6) is 0 Å². The third-order valence-corrected chi connectivity index (χ3v) is 4.50. The van der Waals surface area contributed by atoms with E-state index in [2.05, 4.69) is 10.2 Å². The fourth-order valence-corrected chi connectivity index (χ4v) is 2.99. The Kier molecular flexibility index (Phi) is 5.86. The van der Waals surface area contributed by atoms with Gasteiger partial charge in [-0.25, -0.2) is 4.57 Å². The van der Waals surface area contributed by atoms with Gasteiger partial charge in [-0.05, 0) is 5.56 Å². The zero-order valence-corrected chi connectivity index (χ0v) is 15.3. The number of hydrogen-bond donors (Lipinski definition) is 5. The summed E-state index contributed by atoms with van der Waals surface area (Å²) in [5.74, 6) is -1.10. The van der Waals surface area contributed by atoms with E-state index in [4.69, 9.17) is 5.11 Å². The molecule has 1 aromatic carbocycles. The molecule has 0 radical (unpaired) electrons. The zero-order chi connectivity index (χ0) is 21.3. The maximum Gasteiger partial charge on any atom is 0.262 e. The van der Waals surface area contributed by atoms with Crippen LogP contribution >= 0.6 is 0 Å². The Morgan fingerprint density at radius 2 is 1.72 bits per heavy atom. The van der Waals surface area contributed by atoms with E-state index in [0.29, 0.717) is 5.56 Å². The quantitative estimate of drug-likeness (QED) is 0.322. The average molecular weight is 404 g/mol. The Morgan fingerprint density at radius 3 is 2.31 bits per heavy atom. The van der Waals surface area contributed by atoms with Gasteiger partial charge in [0.25, 0.3) is 5.56 Å². The number of aromatic nitrogens is 4. The van der Waals surface area contributed by atoms with Gasteiger partial charge in [0, 0.05) is 13.0 Å². The predicted octanol–water partition coefficient (Wildman–Crippen LogP) is -1.67. The summed E-state index contributed by atoms with van der Waals surface area (Å²) >= 11 is 0. The molecule has 4 atom stereocenters. The number of aliphatic hydroxyl groups excluding tert-OH is 5. The maximum absolute atomic E-state index is 12.5. The molecule has 29 heavy (non-hydrogen) atoms. The van der Waals surface area contributed by atoms with E-state index in [1.807, 2.05) is 0 Å². The van der Waals surface area contributed by atoms with Crippen molar-refractivity contribution < 1.29 is 30.3 Å². The molecule has 0 fully saturated rings. The lowest BCUT2D eigenvalue weighted by atomic mass is 10.0. The van der Waals surface area contributed by atoms with Crippen LogP contribution in [-0.2, 0) is 0 Å². The molecule has 0 amide bonds. The van der Waals surface area contributed by atoms with Crippen molar-refractivity contribution in [3.63, 3.8) is 0 Å². The van der Waals surface area contributed by atoms with E-state index in [-0.39, 0.29) is 17.3 Å². The van der Waals surface area contributed by atoms with Crippen molar-refractivity contribution in [2.45, 2.75) is 31.3 Å². The highest BCUT2D eigenvalue weighted by atomic mass is 16.4. The first-order valence-corrected chi connectivity index (χ1v) is 8.68. The lowest BCUT2D eigenvalue weighted by Crippen LogP contribution is -2.43. The molecule has 0 aliphatic carbocycles. The first-order chi connectivity index (χ1) is 13.8. The van der Waals surface area contributed by atoms with Gasteiger partial charge in [0.2, 0.25) is 11.7 Å². The summed E-state index contributed by atoms with van der Waals surface area (Å²) in [6, 6.07) is 9.72. The molecule has 2 heterocycles. The fraction of sp³-hybridized carbons (Fsp3) is 0.333. The van der Waals surface area contributed by atoms with Gasteiger partial charge in [0.05, 0.1) is 12.3 Å². The molecule has 0 aliphatic heterocycles. The summed E-state index contributed by atoms with van der Waals surface area (Å²) in [5.41, 5.74) is 0.129. The molecule has 3 rings (SSSR count). The molecule has 0 aliphatic rings. The largest absolute Gasteiger partial charge is 0.394 e. The molecular weight excluding hydrogens is 384 g/mol. The highest BCUT2D eigenvalue weighted by Crippen LogP contribution is 2.25. The van der Waals surface area contributed by atoms with Gasteiger partial charge in [-0.2, -0.15) is 0 Å². The molecule has 0 spiro atoms. The predicted molar refractivity (Wildman–Crippen MR) is 99.0 cm³/mol. The summed E-state index contributed by atoms with van der Waals surface area (Å²) in [4.78, 5) is 24.4. The SMILES string of the molecule is CC(=O)n1c(=O)cc(-c2ccccc2)n2c([C@H](O)[C@@H](O)[C@@H](O)[C@H](O)CO)nnc12. The van der Waals surface area contributed by atoms with E-state index in [9.17, 15) is 30.0 Å². The third-order valence-electron chi connectivity index (χ3n) is 4.50. The van der Waals surface area contributed by atoms with Crippen LogP contribution in [-0.4, -0.2) is 75.5 Å². The molecule has 154 valence electrons. The smallest absolute Gasteiger partial charge is 0.262 e. The van der Waals surface area contributed by atoms with Crippen molar-refractivity contribution in [3.8, 4) is 11.3 Å². The number of fused-ring (bicyclic) bond motifs is 1. The second kappa shape index (κ2) is 8.19. The van der Waals surface area contributed by atoms with Gasteiger partial charge in [-0.1, -0.05) is 30.3 Å². The van der Waals surface area contributed by atoms with Gasteiger partial charge >= 0.3 is 0 Å². The molecule has 11 nitrogen and oxygen atoms in total. The number of carbonyl (C=O) groups is 1. The van der Waals surface area contributed by atoms with Crippen molar-refractivity contribution in [2.75, 3.05) is 6.61 Å². The molecule has 0 bridgehead atoms. The van der Waals surface area contributed by atoms with E-state index in [1.54, 1.807) is 30.3 Å². The number of aliphatic hydroxyl groups is 5. The number of benzene rings is 1. The highest BCUT2D eigenvalue weighted by Gasteiger charge is 2.34. The molecule has 11 heteroatoms. The Labute approximate surface area is 163 Å². The van der Waals surface area contributed by atoms with Gasteiger partial charge in [-0.3, -0.25) is 14.0 Å². The molecule has 2 aromatic heterocycles. The summed E-state index contributed by atoms with van der Waals surface area (Å²) in [7, 11) is 0. The van der Waals surface area contributed by atoms with Gasteiger partial charge in [-0.15, -0.1) is 10.2 Å². The average Bonchev–Trinajstić information content (AvgIpc) is 3.15. The lowest BCUT2D eigenvalue weighted by molar-refractivity contribution is -0.118. The first-order valence-electron chi connectivity index (χ1n) is 8.68. The van der Waals surface area contributed by atoms with Crippen LogP contribution in [0.15, 0.2) is 41.2 Å². The number of hydrogen-bond acceptors (Lipinski definition) is 9. The standard InChI is InChI=1S/C18H20N4O7/c1-9(24)21-13(26)7-11(10-5-3-2-4-6-10)22-17(19-20-18(21)22)16(29)15(28)14(27)12(25)8-23/h2-7,12,14-16,23,25,27-29H,8H2,1H3/t12-,14+,15+,16-/m1/s1. The summed E-state index contributed by atoms with van der Waals surface area (Å²) in [6.07, 6.45) is -7.39. The van der Waals surface area contributed by atoms with Crippen molar-refractivity contribution in [1.29, 1.82) is 0 Å². The first kappa shape index (κ1) is 20.8. The molecule has 5 N–H and O–H groups in total. The number of carbonyl (C=O) groups excluding carboxylic acids is 1. The third kappa shape index (κ3) is 3.69. The molecule has 0 saturated heterocycles. The summed E-state index contributed by atoms with van der Waals surface area (Å²) in [5, 5.41) is 56.8. The number of nitrogens with zero attached hydrogens (tertiary/aromatic N) is 4. The van der Waals surface area contributed by atoms with Crippen molar-refractivity contribution in [1.82, 2.24) is 19.2 Å². The molecule has 0 unspecified atom stereocenters. The topological polar surface area (TPSA) is 170 Å². The second-order valence-electron chi connectivity index (χ2n) is 6.46. The van der Waals surface area contributed by atoms with Gasteiger partial charge in [0.1, 0.15) is 24.4 Å². The Hall–Kier alpha value is -2.96. The lowest BCUT2D eigenvalue weighted by Gasteiger charge is -2.25. The molecule has 3 aromatic rings. The normalized spacial score (nSPS) is 15.8. The van der Waals surface area contributed by atoms with Crippen LogP contribution in [0, 0.1) is 0 Å². The van der Waals surface area contributed by atoms with E-state index < -0.39 is 42.5 Å². The van der Waals surface area contributed by atoms with E-state index >= 15 is 0 Å². The van der Waals surface area contributed by atoms with E-state index in [1.165, 1.54) is 4.40 Å². The maximum atomic E-state index is 12.5. The van der Waals surface area contributed by atoms with Gasteiger partial charge < -0.3 is 25.5 Å². The van der Waals surface area contributed by atoms with Crippen LogP contribution in [0.1, 0.15) is 23.6 Å². The summed E-state index contributed by atoms with van der Waals surface area (Å²) in [6.45, 7) is 0.315. The van der Waals surface area contributed by atoms with Crippen LogP contribution in [0.2, 0.25) is 0 Å². The van der Waals surface area contributed by atoms with E-state index in [0.717, 1.165) is 17.6 Å². The molecular formula is C18H20N4O7. The Morgan fingerprint density at radius 1 is 1.07 bits per heavy atom. The number of rotatable bonds is 6. The van der Waals surface area contributed by atoms with Crippen molar-refractivity contribution in [2.24, 2.45) is 0 Å². The van der Waals surface area contributed by atoms with Crippen LogP contribution in [0.25, 0.3) is 17.0 Å². The fourth-order valence-electron chi connectivity index (χ4n) is 2.99. The van der Waals surface area contributed by atoms with Crippen molar-refractivity contribution in [3.05, 3.63) is 52.6 Å². The van der Waals surface area contributed by atoms with Crippen molar-refractivity contribution >= 4 is 11.7 Å². The molecule has 0 saturated carbocycles. The highest BCUT2D eigenvalue weighted by molar-refractivity contribution is 5.80. The Bertz CT molecular complexity index is 1080.